The monoisotopic (exact) mass is 268 g/mol. The predicted molar refractivity (Wildman–Crippen MR) is 81.2 cm³/mol. The lowest BCUT2D eigenvalue weighted by Crippen LogP contribution is -2.20. The summed E-state index contributed by atoms with van der Waals surface area (Å²) in [6.07, 6.45) is 7.96. The summed E-state index contributed by atoms with van der Waals surface area (Å²) in [5, 5.41) is 4.73. The summed E-state index contributed by atoms with van der Waals surface area (Å²) in [6, 6.07) is 8.90. The highest BCUT2D eigenvalue weighted by Crippen LogP contribution is 2.28. The molecule has 0 spiro atoms. The molecule has 0 bridgehead atoms. The van der Waals surface area contributed by atoms with Crippen LogP contribution in [0.5, 0.6) is 0 Å². The molecule has 0 saturated heterocycles. The van der Waals surface area contributed by atoms with Gasteiger partial charge >= 0.3 is 0 Å². The van der Waals surface area contributed by atoms with E-state index >= 15 is 0 Å². The first kappa shape index (κ1) is 13.2. The third-order valence-electron chi connectivity index (χ3n) is 3.70. The molecule has 1 aliphatic carbocycles. The Kier molecular flexibility index (Phi) is 3.77. The fourth-order valence-corrected chi connectivity index (χ4v) is 2.47. The molecule has 0 aliphatic heterocycles. The molecular weight excluding hydrogens is 248 g/mol. The zero-order chi connectivity index (χ0) is 13.9. The minimum Gasteiger partial charge on any atom is -0.459 e. The average molecular weight is 268 g/mol. The zero-order valence-corrected chi connectivity index (χ0v) is 11.9. The summed E-state index contributed by atoms with van der Waals surface area (Å²) in [7, 11) is 2.04. The van der Waals surface area contributed by atoms with E-state index in [2.05, 4.69) is 28.3 Å². The Hall–Kier alpha value is -1.76. The van der Waals surface area contributed by atoms with Gasteiger partial charge in [-0.05, 0) is 26.0 Å². The maximum Gasteiger partial charge on any atom is 0.134 e. The number of terminal acetylenes is 1. The first-order valence-corrected chi connectivity index (χ1v) is 7.12. The van der Waals surface area contributed by atoms with Gasteiger partial charge in [-0.15, -0.1) is 6.42 Å². The quantitative estimate of drug-likeness (QED) is 0.817. The van der Waals surface area contributed by atoms with Gasteiger partial charge in [-0.1, -0.05) is 24.1 Å². The maximum atomic E-state index is 6.02. The van der Waals surface area contributed by atoms with E-state index in [-0.39, 0.29) is 0 Å². The molecule has 3 nitrogen and oxygen atoms in total. The van der Waals surface area contributed by atoms with E-state index in [9.17, 15) is 0 Å². The second-order valence-electron chi connectivity index (χ2n) is 5.53. The molecule has 1 aromatic carbocycles. The van der Waals surface area contributed by atoms with Crippen molar-refractivity contribution in [1.82, 2.24) is 10.2 Å². The highest BCUT2D eigenvalue weighted by atomic mass is 16.3. The van der Waals surface area contributed by atoms with Crippen LogP contribution in [0.15, 0.2) is 28.7 Å². The van der Waals surface area contributed by atoms with E-state index in [4.69, 9.17) is 10.8 Å². The Morgan fingerprint density at radius 1 is 1.40 bits per heavy atom. The highest BCUT2D eigenvalue weighted by molar-refractivity contribution is 5.82. The van der Waals surface area contributed by atoms with Gasteiger partial charge in [0.25, 0.3) is 0 Å². The number of hydrogen-bond acceptors (Lipinski definition) is 3. The van der Waals surface area contributed by atoms with Gasteiger partial charge in [0.05, 0.1) is 13.1 Å². The molecule has 20 heavy (non-hydrogen) atoms. The van der Waals surface area contributed by atoms with Crippen LogP contribution in [0.2, 0.25) is 0 Å². The molecule has 0 unspecified atom stereocenters. The van der Waals surface area contributed by atoms with Crippen molar-refractivity contribution in [2.75, 3.05) is 13.6 Å². The summed E-state index contributed by atoms with van der Waals surface area (Å²) < 4.78 is 6.02. The fourth-order valence-electron chi connectivity index (χ4n) is 2.47. The zero-order valence-electron chi connectivity index (χ0n) is 11.9. The number of para-hydroxylation sites is 1. The summed E-state index contributed by atoms with van der Waals surface area (Å²) in [5.74, 6) is 3.73. The van der Waals surface area contributed by atoms with Crippen LogP contribution < -0.4 is 5.32 Å². The Labute approximate surface area is 119 Å². The molecule has 1 fully saturated rings. The Balaban J connectivity index is 1.87. The van der Waals surface area contributed by atoms with Crippen LogP contribution in [0, 0.1) is 12.3 Å². The summed E-state index contributed by atoms with van der Waals surface area (Å²) in [4.78, 5) is 2.14. The number of nitrogens with one attached hydrogen (secondary N) is 1. The van der Waals surface area contributed by atoms with Crippen molar-refractivity contribution >= 4 is 11.0 Å². The SMILES string of the molecule is C#CCN(C)Cc1c(CNC2CC2)oc2ccccc12. The van der Waals surface area contributed by atoms with Crippen molar-refractivity contribution in [3.63, 3.8) is 0 Å². The molecule has 104 valence electrons. The third kappa shape index (κ3) is 2.87. The van der Waals surface area contributed by atoms with Crippen LogP contribution in [0.1, 0.15) is 24.2 Å². The normalized spacial score (nSPS) is 14.8. The fraction of sp³-hybridized carbons (Fsp3) is 0.412. The first-order chi connectivity index (χ1) is 9.78. The molecule has 0 atom stereocenters. The van der Waals surface area contributed by atoms with Gasteiger partial charge in [0.15, 0.2) is 0 Å². The summed E-state index contributed by atoms with van der Waals surface area (Å²) >= 11 is 0. The van der Waals surface area contributed by atoms with Crippen molar-refractivity contribution in [3.05, 3.63) is 35.6 Å². The molecular formula is C17H20N2O. The lowest BCUT2D eigenvalue weighted by molar-refractivity contribution is 0.363. The average Bonchev–Trinajstić information content (AvgIpc) is 3.21. The summed E-state index contributed by atoms with van der Waals surface area (Å²) in [6.45, 7) is 2.27. The number of rotatable bonds is 6. The summed E-state index contributed by atoms with van der Waals surface area (Å²) in [5.41, 5.74) is 2.22. The molecule has 3 rings (SSSR count). The van der Waals surface area contributed by atoms with Gasteiger partial charge in [-0.3, -0.25) is 4.90 Å². The molecule has 1 aromatic heterocycles. The smallest absolute Gasteiger partial charge is 0.134 e. The molecule has 1 N–H and O–H groups in total. The van der Waals surface area contributed by atoms with Crippen LogP contribution in [0.4, 0.5) is 0 Å². The topological polar surface area (TPSA) is 28.4 Å². The van der Waals surface area contributed by atoms with E-state index < -0.39 is 0 Å². The molecule has 0 radical (unpaired) electrons. The molecule has 1 aliphatic rings. The second-order valence-corrected chi connectivity index (χ2v) is 5.53. The lowest BCUT2D eigenvalue weighted by atomic mass is 10.1. The van der Waals surface area contributed by atoms with Gasteiger partial charge in [-0.2, -0.15) is 0 Å². The molecule has 0 amide bonds. The minimum absolute atomic E-state index is 0.648. The second kappa shape index (κ2) is 5.70. The number of hydrogen-bond donors (Lipinski definition) is 1. The van der Waals surface area contributed by atoms with Crippen molar-refractivity contribution in [1.29, 1.82) is 0 Å². The number of furan rings is 1. The van der Waals surface area contributed by atoms with Crippen LogP contribution in [0.3, 0.4) is 0 Å². The lowest BCUT2D eigenvalue weighted by Gasteiger charge is -2.13. The van der Waals surface area contributed by atoms with E-state index in [0.717, 1.165) is 24.4 Å². The van der Waals surface area contributed by atoms with Gasteiger partial charge in [0, 0.05) is 23.5 Å². The van der Waals surface area contributed by atoms with Crippen molar-refractivity contribution < 1.29 is 4.42 Å². The van der Waals surface area contributed by atoms with E-state index in [1.54, 1.807) is 0 Å². The van der Waals surface area contributed by atoms with Crippen molar-refractivity contribution in [3.8, 4) is 12.3 Å². The van der Waals surface area contributed by atoms with Gasteiger partial charge in [0.2, 0.25) is 0 Å². The molecule has 2 aromatic rings. The van der Waals surface area contributed by atoms with Crippen LogP contribution in [0.25, 0.3) is 11.0 Å². The molecule has 1 heterocycles. The van der Waals surface area contributed by atoms with Crippen molar-refractivity contribution in [2.24, 2.45) is 0 Å². The van der Waals surface area contributed by atoms with Crippen LogP contribution >= 0.6 is 0 Å². The Bertz CT molecular complexity index is 634. The van der Waals surface area contributed by atoms with Crippen molar-refractivity contribution in [2.45, 2.75) is 32.0 Å². The predicted octanol–water partition coefficient (Wildman–Crippen LogP) is 2.75. The number of nitrogens with zero attached hydrogens (tertiary/aromatic N) is 1. The number of fused-ring (bicyclic) bond motifs is 1. The largest absolute Gasteiger partial charge is 0.459 e. The first-order valence-electron chi connectivity index (χ1n) is 7.12. The Morgan fingerprint density at radius 2 is 2.20 bits per heavy atom. The number of benzene rings is 1. The third-order valence-corrected chi connectivity index (χ3v) is 3.70. The molecule has 3 heteroatoms. The van der Waals surface area contributed by atoms with E-state index in [1.165, 1.54) is 23.8 Å². The van der Waals surface area contributed by atoms with Gasteiger partial charge in [-0.25, -0.2) is 0 Å². The highest BCUT2D eigenvalue weighted by Gasteiger charge is 2.22. The van der Waals surface area contributed by atoms with E-state index in [1.807, 2.05) is 19.2 Å². The van der Waals surface area contributed by atoms with Crippen LogP contribution in [-0.4, -0.2) is 24.5 Å². The minimum atomic E-state index is 0.648. The maximum absolute atomic E-state index is 6.02. The van der Waals surface area contributed by atoms with E-state index in [0.29, 0.717) is 12.6 Å². The van der Waals surface area contributed by atoms with Gasteiger partial charge < -0.3 is 9.73 Å². The van der Waals surface area contributed by atoms with Crippen LogP contribution in [-0.2, 0) is 13.1 Å². The standard InChI is InChI=1S/C17H20N2O/c1-3-10-19(2)12-15-14-6-4-5-7-16(14)20-17(15)11-18-13-8-9-13/h1,4-7,13,18H,8-12H2,2H3. The van der Waals surface area contributed by atoms with Gasteiger partial charge in [0.1, 0.15) is 11.3 Å². The Morgan fingerprint density at radius 3 is 2.95 bits per heavy atom. The molecule has 1 saturated carbocycles.